The average Bonchev–Trinajstić information content (AvgIpc) is 2.46. The molecule has 1 saturated heterocycles. The number of nitrogens with two attached hydrogens (primary N) is 1. The molecule has 20 heavy (non-hydrogen) atoms. The molecule has 1 aromatic carbocycles. The molecule has 5 nitrogen and oxygen atoms in total. The predicted molar refractivity (Wildman–Crippen MR) is 77.7 cm³/mol. The number of carbonyl (C=O) groups is 2. The van der Waals surface area contributed by atoms with Crippen molar-refractivity contribution in [2.75, 3.05) is 32.7 Å². The highest BCUT2D eigenvalue weighted by Gasteiger charge is 2.21. The zero-order valence-corrected chi connectivity index (χ0v) is 12.1. The summed E-state index contributed by atoms with van der Waals surface area (Å²) < 4.78 is 0. The lowest BCUT2D eigenvalue weighted by molar-refractivity contribution is 0.0643. The van der Waals surface area contributed by atoms with E-state index in [1.54, 1.807) is 25.1 Å². The number of piperazine rings is 1. The van der Waals surface area contributed by atoms with E-state index < -0.39 is 5.91 Å². The lowest BCUT2D eigenvalue weighted by Gasteiger charge is -2.34. The highest BCUT2D eigenvalue weighted by atomic mass is 16.2. The number of aryl methyl sites for hydroxylation is 1. The van der Waals surface area contributed by atoms with Crippen molar-refractivity contribution >= 4 is 11.8 Å². The van der Waals surface area contributed by atoms with E-state index in [1.807, 2.05) is 4.90 Å². The van der Waals surface area contributed by atoms with Gasteiger partial charge in [-0.1, -0.05) is 6.92 Å². The van der Waals surface area contributed by atoms with Crippen LogP contribution < -0.4 is 5.73 Å². The van der Waals surface area contributed by atoms with Gasteiger partial charge in [0.25, 0.3) is 5.91 Å². The van der Waals surface area contributed by atoms with Crippen molar-refractivity contribution in [2.45, 2.75) is 13.8 Å². The first-order chi connectivity index (χ1) is 9.52. The van der Waals surface area contributed by atoms with E-state index in [0.29, 0.717) is 11.1 Å². The van der Waals surface area contributed by atoms with Crippen LogP contribution in [0.3, 0.4) is 0 Å². The molecule has 108 valence electrons. The fourth-order valence-electron chi connectivity index (χ4n) is 2.52. The standard InChI is InChI=1S/C15H21N3O2/c1-3-17-6-8-18(9-7-17)15(20)12-4-5-13(14(16)19)11(2)10-12/h4-5,10H,3,6-9H2,1-2H3,(H2,16,19). The zero-order valence-electron chi connectivity index (χ0n) is 12.1. The Kier molecular flexibility index (Phi) is 4.39. The summed E-state index contributed by atoms with van der Waals surface area (Å²) >= 11 is 0. The quantitative estimate of drug-likeness (QED) is 0.890. The molecule has 5 heteroatoms. The van der Waals surface area contributed by atoms with Crippen LogP contribution in [0.2, 0.25) is 0 Å². The molecule has 1 aliphatic heterocycles. The number of benzene rings is 1. The third kappa shape index (κ3) is 2.99. The summed E-state index contributed by atoms with van der Waals surface area (Å²) in [6.07, 6.45) is 0. The van der Waals surface area contributed by atoms with Crippen molar-refractivity contribution in [3.63, 3.8) is 0 Å². The van der Waals surface area contributed by atoms with Crippen LogP contribution >= 0.6 is 0 Å². The fraction of sp³-hybridized carbons (Fsp3) is 0.467. The second kappa shape index (κ2) is 6.05. The van der Waals surface area contributed by atoms with Crippen molar-refractivity contribution in [3.05, 3.63) is 34.9 Å². The highest BCUT2D eigenvalue weighted by Crippen LogP contribution is 2.14. The molecule has 2 N–H and O–H groups in total. The summed E-state index contributed by atoms with van der Waals surface area (Å²) in [5.41, 5.74) is 7.11. The highest BCUT2D eigenvalue weighted by molar-refractivity contribution is 5.98. The van der Waals surface area contributed by atoms with E-state index in [-0.39, 0.29) is 5.91 Å². The lowest BCUT2D eigenvalue weighted by Crippen LogP contribution is -2.48. The minimum absolute atomic E-state index is 0.0277. The number of hydrogen-bond donors (Lipinski definition) is 1. The first-order valence-electron chi connectivity index (χ1n) is 6.95. The van der Waals surface area contributed by atoms with E-state index >= 15 is 0 Å². The molecule has 0 aromatic heterocycles. The molecule has 1 aromatic rings. The Bertz CT molecular complexity index is 520. The summed E-state index contributed by atoms with van der Waals surface area (Å²) in [4.78, 5) is 27.8. The smallest absolute Gasteiger partial charge is 0.253 e. The second-order valence-corrected chi connectivity index (χ2v) is 5.12. The van der Waals surface area contributed by atoms with Gasteiger partial charge in [-0.3, -0.25) is 9.59 Å². The topological polar surface area (TPSA) is 66.6 Å². The Morgan fingerprint density at radius 3 is 2.35 bits per heavy atom. The Labute approximate surface area is 119 Å². The van der Waals surface area contributed by atoms with Gasteiger partial charge in [-0.25, -0.2) is 0 Å². The summed E-state index contributed by atoms with van der Waals surface area (Å²) in [5.74, 6) is -0.432. The molecule has 2 amide bonds. The maximum atomic E-state index is 12.4. The van der Waals surface area contributed by atoms with Gasteiger partial charge in [-0.2, -0.15) is 0 Å². The lowest BCUT2D eigenvalue weighted by atomic mass is 10.0. The first-order valence-corrected chi connectivity index (χ1v) is 6.95. The molecule has 1 heterocycles. The molecular formula is C15H21N3O2. The molecule has 1 fully saturated rings. The Balaban J connectivity index is 2.10. The molecule has 0 aliphatic carbocycles. The van der Waals surface area contributed by atoms with Gasteiger partial charge in [0.2, 0.25) is 5.91 Å². The normalized spacial score (nSPS) is 16.2. The minimum atomic E-state index is -0.460. The van der Waals surface area contributed by atoms with Crippen LogP contribution in [0.15, 0.2) is 18.2 Å². The SMILES string of the molecule is CCN1CCN(C(=O)c2ccc(C(N)=O)c(C)c2)CC1. The number of primary amides is 1. The average molecular weight is 275 g/mol. The van der Waals surface area contributed by atoms with Crippen LogP contribution in [-0.2, 0) is 0 Å². The minimum Gasteiger partial charge on any atom is -0.366 e. The molecule has 0 bridgehead atoms. The van der Waals surface area contributed by atoms with Crippen LogP contribution in [0.4, 0.5) is 0 Å². The fourth-order valence-corrected chi connectivity index (χ4v) is 2.52. The molecule has 0 saturated carbocycles. The molecule has 0 radical (unpaired) electrons. The third-order valence-corrected chi connectivity index (χ3v) is 3.85. The van der Waals surface area contributed by atoms with Gasteiger partial charge in [0.1, 0.15) is 0 Å². The largest absolute Gasteiger partial charge is 0.366 e. The Morgan fingerprint density at radius 1 is 1.20 bits per heavy atom. The van der Waals surface area contributed by atoms with Crippen molar-refractivity contribution < 1.29 is 9.59 Å². The molecule has 0 unspecified atom stereocenters. The molecule has 0 spiro atoms. The summed E-state index contributed by atoms with van der Waals surface area (Å²) in [6, 6.07) is 5.06. The Hall–Kier alpha value is -1.88. The maximum Gasteiger partial charge on any atom is 0.253 e. The van der Waals surface area contributed by atoms with E-state index in [2.05, 4.69) is 11.8 Å². The van der Waals surface area contributed by atoms with E-state index in [4.69, 9.17) is 5.73 Å². The monoisotopic (exact) mass is 275 g/mol. The number of amides is 2. The summed E-state index contributed by atoms with van der Waals surface area (Å²) in [5, 5.41) is 0. The van der Waals surface area contributed by atoms with Crippen molar-refractivity contribution in [1.82, 2.24) is 9.80 Å². The van der Waals surface area contributed by atoms with Gasteiger partial charge >= 0.3 is 0 Å². The van der Waals surface area contributed by atoms with E-state index in [9.17, 15) is 9.59 Å². The Morgan fingerprint density at radius 2 is 1.85 bits per heavy atom. The summed E-state index contributed by atoms with van der Waals surface area (Å²) in [7, 11) is 0. The van der Waals surface area contributed by atoms with Gasteiger partial charge in [-0.05, 0) is 37.2 Å². The zero-order chi connectivity index (χ0) is 14.7. The van der Waals surface area contributed by atoms with Gasteiger partial charge in [-0.15, -0.1) is 0 Å². The van der Waals surface area contributed by atoms with E-state index in [1.165, 1.54) is 0 Å². The van der Waals surface area contributed by atoms with Crippen LogP contribution in [-0.4, -0.2) is 54.3 Å². The van der Waals surface area contributed by atoms with Gasteiger partial charge < -0.3 is 15.5 Å². The van der Waals surface area contributed by atoms with Crippen LogP contribution in [0.25, 0.3) is 0 Å². The number of rotatable bonds is 3. The second-order valence-electron chi connectivity index (χ2n) is 5.12. The number of nitrogens with zero attached hydrogens (tertiary/aromatic N) is 2. The van der Waals surface area contributed by atoms with Crippen molar-refractivity contribution in [3.8, 4) is 0 Å². The summed E-state index contributed by atoms with van der Waals surface area (Å²) in [6.45, 7) is 8.29. The van der Waals surface area contributed by atoms with Crippen LogP contribution in [0, 0.1) is 6.92 Å². The molecule has 2 rings (SSSR count). The van der Waals surface area contributed by atoms with Gasteiger partial charge in [0.05, 0.1) is 0 Å². The maximum absolute atomic E-state index is 12.4. The molecule has 1 aliphatic rings. The number of hydrogen-bond acceptors (Lipinski definition) is 3. The molecular weight excluding hydrogens is 254 g/mol. The van der Waals surface area contributed by atoms with Crippen molar-refractivity contribution in [1.29, 1.82) is 0 Å². The first kappa shape index (κ1) is 14.5. The predicted octanol–water partition coefficient (Wildman–Crippen LogP) is 0.872. The van der Waals surface area contributed by atoms with Gasteiger partial charge in [0.15, 0.2) is 0 Å². The van der Waals surface area contributed by atoms with Gasteiger partial charge in [0, 0.05) is 37.3 Å². The third-order valence-electron chi connectivity index (χ3n) is 3.85. The number of likely N-dealkylation sites (N-methyl/N-ethyl adjacent to an activating group) is 1. The van der Waals surface area contributed by atoms with Crippen LogP contribution in [0.5, 0.6) is 0 Å². The van der Waals surface area contributed by atoms with E-state index in [0.717, 1.165) is 38.3 Å². The number of carbonyl (C=O) groups excluding carboxylic acids is 2. The van der Waals surface area contributed by atoms with Crippen molar-refractivity contribution in [2.24, 2.45) is 5.73 Å². The molecule has 0 atom stereocenters. The van der Waals surface area contributed by atoms with Crippen LogP contribution in [0.1, 0.15) is 33.2 Å².